The number of carbonyl (C=O) groups is 1. The van der Waals surface area contributed by atoms with E-state index in [2.05, 4.69) is 13.0 Å². The van der Waals surface area contributed by atoms with E-state index in [4.69, 9.17) is 9.47 Å². The van der Waals surface area contributed by atoms with Gasteiger partial charge in [-0.05, 0) is 55.1 Å². The summed E-state index contributed by atoms with van der Waals surface area (Å²) in [5.74, 6) is 1.26. The van der Waals surface area contributed by atoms with Crippen LogP contribution >= 0.6 is 0 Å². The lowest BCUT2D eigenvalue weighted by Crippen LogP contribution is -2.42. The maximum Gasteiger partial charge on any atom is 0.171 e. The van der Waals surface area contributed by atoms with E-state index in [0.717, 1.165) is 44.9 Å². The van der Waals surface area contributed by atoms with E-state index in [9.17, 15) is 4.79 Å². The molecule has 0 saturated heterocycles. The van der Waals surface area contributed by atoms with Crippen molar-refractivity contribution in [3.63, 3.8) is 0 Å². The Kier molecular flexibility index (Phi) is 3.58. The van der Waals surface area contributed by atoms with E-state index in [1.54, 1.807) is 25.4 Å². The molecule has 4 aliphatic carbocycles. The van der Waals surface area contributed by atoms with Crippen molar-refractivity contribution < 1.29 is 14.3 Å². The first-order valence-corrected chi connectivity index (χ1v) is 9.08. The van der Waals surface area contributed by atoms with Gasteiger partial charge in [-0.2, -0.15) is 0 Å². The van der Waals surface area contributed by atoms with Crippen LogP contribution < -0.4 is 0 Å². The third-order valence-electron chi connectivity index (χ3n) is 7.28. The zero-order valence-corrected chi connectivity index (χ0v) is 14.6. The van der Waals surface area contributed by atoms with Crippen LogP contribution in [-0.4, -0.2) is 25.8 Å². The molecule has 0 aromatic heterocycles. The molecule has 3 nitrogen and oxygen atoms in total. The third kappa shape index (κ3) is 2.12. The number of methoxy groups -OCH3 is 2. The number of hydrogen-bond donors (Lipinski definition) is 0. The molecule has 4 rings (SSSR count). The molecule has 0 N–H and O–H groups in total. The average molecular weight is 316 g/mol. The number of ether oxygens (including phenoxy) is 2. The van der Waals surface area contributed by atoms with Crippen LogP contribution in [0.25, 0.3) is 0 Å². The smallest absolute Gasteiger partial charge is 0.171 e. The Balaban J connectivity index is 1.68. The average Bonchev–Trinajstić information content (AvgIpc) is 2.89. The van der Waals surface area contributed by atoms with Crippen LogP contribution in [0.15, 0.2) is 22.8 Å². The Labute approximate surface area is 139 Å². The van der Waals surface area contributed by atoms with E-state index in [0.29, 0.717) is 17.6 Å². The highest BCUT2D eigenvalue weighted by Gasteiger charge is 2.53. The number of ketones is 1. The van der Waals surface area contributed by atoms with Gasteiger partial charge in [-0.15, -0.1) is 0 Å². The van der Waals surface area contributed by atoms with Gasteiger partial charge in [0.15, 0.2) is 5.79 Å². The minimum atomic E-state index is -0.418. The Morgan fingerprint density at radius 2 is 1.91 bits per heavy atom. The highest BCUT2D eigenvalue weighted by molar-refractivity contribution is 5.87. The standard InChI is InChI=1S/C20H28O3/c1-19-10-8-15-14-9-11-20(22-2,23-3)12-13(14)4-5-16(15)17(19)6-7-18(19)21/h8,16-17H,4-7,9-12H2,1-3H3/t16-,17?,19+/m1/s1. The molecule has 1 saturated carbocycles. The second-order valence-corrected chi connectivity index (χ2v) is 8.07. The second-order valence-electron chi connectivity index (χ2n) is 8.07. The fraction of sp³-hybridized carbons (Fsp3) is 0.750. The molecule has 126 valence electrons. The molecule has 0 aliphatic heterocycles. The zero-order valence-electron chi connectivity index (χ0n) is 14.6. The molecule has 0 radical (unpaired) electrons. The van der Waals surface area contributed by atoms with Crippen molar-refractivity contribution in [1.82, 2.24) is 0 Å². The molecular formula is C20H28O3. The number of hydrogen-bond acceptors (Lipinski definition) is 3. The van der Waals surface area contributed by atoms with Crippen LogP contribution in [0, 0.1) is 17.3 Å². The first kappa shape index (κ1) is 15.6. The zero-order chi connectivity index (χ0) is 16.2. The van der Waals surface area contributed by atoms with Crippen molar-refractivity contribution in [3.8, 4) is 0 Å². The summed E-state index contributed by atoms with van der Waals surface area (Å²) >= 11 is 0. The quantitative estimate of drug-likeness (QED) is 0.717. The lowest BCUT2D eigenvalue weighted by Gasteiger charge is -2.47. The summed E-state index contributed by atoms with van der Waals surface area (Å²) in [5, 5.41) is 0. The normalized spacial score (nSPS) is 38.7. The lowest BCUT2D eigenvalue weighted by molar-refractivity contribution is -0.212. The van der Waals surface area contributed by atoms with Crippen LogP contribution in [0.2, 0.25) is 0 Å². The van der Waals surface area contributed by atoms with E-state index >= 15 is 0 Å². The van der Waals surface area contributed by atoms with Crippen LogP contribution in [0.4, 0.5) is 0 Å². The van der Waals surface area contributed by atoms with Crippen LogP contribution in [0.1, 0.15) is 58.3 Å². The predicted octanol–water partition coefficient (Wildman–Crippen LogP) is 4.18. The molecule has 1 unspecified atom stereocenters. The van der Waals surface area contributed by atoms with Gasteiger partial charge >= 0.3 is 0 Å². The SMILES string of the molecule is COC1(OC)CCC2=C(CC[C@@H]3C2=CC[C@]2(C)C(=O)CCC32)C1. The maximum atomic E-state index is 12.4. The number of carbonyl (C=O) groups excluding carboxylic acids is 1. The molecule has 4 aliphatic rings. The minimum Gasteiger partial charge on any atom is -0.353 e. The molecule has 23 heavy (non-hydrogen) atoms. The van der Waals surface area contributed by atoms with Crippen molar-refractivity contribution in [1.29, 1.82) is 0 Å². The fourth-order valence-corrected chi connectivity index (χ4v) is 5.76. The van der Waals surface area contributed by atoms with E-state index < -0.39 is 5.79 Å². The molecule has 0 amide bonds. The van der Waals surface area contributed by atoms with Gasteiger partial charge in [-0.1, -0.05) is 18.6 Å². The summed E-state index contributed by atoms with van der Waals surface area (Å²) in [6, 6.07) is 0. The predicted molar refractivity (Wildman–Crippen MR) is 88.9 cm³/mol. The molecule has 0 bridgehead atoms. The summed E-state index contributed by atoms with van der Waals surface area (Å²) in [6.45, 7) is 2.21. The monoisotopic (exact) mass is 316 g/mol. The van der Waals surface area contributed by atoms with Gasteiger partial charge in [0.25, 0.3) is 0 Å². The Morgan fingerprint density at radius 3 is 2.65 bits per heavy atom. The van der Waals surface area contributed by atoms with Crippen molar-refractivity contribution in [2.75, 3.05) is 14.2 Å². The lowest BCUT2D eigenvalue weighted by atomic mass is 9.58. The molecule has 0 aromatic rings. The van der Waals surface area contributed by atoms with Crippen molar-refractivity contribution in [2.45, 2.75) is 64.1 Å². The first-order chi connectivity index (χ1) is 11.0. The largest absolute Gasteiger partial charge is 0.353 e. The van der Waals surface area contributed by atoms with Crippen molar-refractivity contribution in [3.05, 3.63) is 22.8 Å². The Morgan fingerprint density at radius 1 is 1.13 bits per heavy atom. The van der Waals surface area contributed by atoms with Gasteiger partial charge in [0.05, 0.1) is 0 Å². The highest BCUT2D eigenvalue weighted by Crippen LogP contribution is 2.58. The summed E-state index contributed by atoms with van der Waals surface area (Å²) in [4.78, 5) is 12.4. The molecule has 0 aromatic carbocycles. The van der Waals surface area contributed by atoms with E-state index in [-0.39, 0.29) is 5.41 Å². The van der Waals surface area contributed by atoms with Gasteiger partial charge < -0.3 is 9.47 Å². The topological polar surface area (TPSA) is 35.5 Å². The highest BCUT2D eigenvalue weighted by atomic mass is 16.7. The molecule has 0 heterocycles. The third-order valence-corrected chi connectivity index (χ3v) is 7.28. The first-order valence-electron chi connectivity index (χ1n) is 9.08. The molecule has 1 fully saturated rings. The summed E-state index contributed by atoms with van der Waals surface area (Å²) in [7, 11) is 3.52. The van der Waals surface area contributed by atoms with E-state index in [1.807, 2.05) is 0 Å². The van der Waals surface area contributed by atoms with Crippen LogP contribution in [0.3, 0.4) is 0 Å². The molecule has 3 atom stereocenters. The summed E-state index contributed by atoms with van der Waals surface area (Å²) in [6.07, 6.45) is 10.5. The maximum absolute atomic E-state index is 12.4. The summed E-state index contributed by atoms with van der Waals surface area (Å²) in [5.41, 5.74) is 4.61. The number of Topliss-reactive ketones (excluding diaryl/α,β-unsaturated/α-hetero) is 1. The number of fused-ring (bicyclic) bond motifs is 4. The Bertz CT molecular complexity index is 596. The van der Waals surface area contributed by atoms with Crippen LogP contribution in [-0.2, 0) is 14.3 Å². The fourth-order valence-electron chi connectivity index (χ4n) is 5.76. The van der Waals surface area contributed by atoms with Gasteiger partial charge in [-0.3, -0.25) is 4.79 Å². The molecule has 0 spiro atoms. The van der Waals surface area contributed by atoms with Crippen molar-refractivity contribution >= 4 is 5.78 Å². The van der Waals surface area contributed by atoms with Crippen molar-refractivity contribution in [2.24, 2.45) is 17.3 Å². The Hall–Kier alpha value is -0.930. The molecule has 3 heteroatoms. The van der Waals surface area contributed by atoms with Gasteiger partial charge in [0.1, 0.15) is 5.78 Å². The van der Waals surface area contributed by atoms with Crippen LogP contribution in [0.5, 0.6) is 0 Å². The van der Waals surface area contributed by atoms with Gasteiger partial charge in [0, 0.05) is 38.9 Å². The van der Waals surface area contributed by atoms with E-state index in [1.165, 1.54) is 12.0 Å². The minimum absolute atomic E-state index is 0.0796. The molecular weight excluding hydrogens is 288 g/mol. The second kappa shape index (κ2) is 5.29. The van der Waals surface area contributed by atoms with Gasteiger partial charge in [0.2, 0.25) is 0 Å². The summed E-state index contributed by atoms with van der Waals surface area (Å²) < 4.78 is 11.4. The number of rotatable bonds is 2. The van der Waals surface area contributed by atoms with Gasteiger partial charge in [-0.25, -0.2) is 0 Å². The number of allylic oxidation sites excluding steroid dienone is 3.